The number of ether oxygens (including phenoxy) is 2. The van der Waals surface area contributed by atoms with Crippen molar-refractivity contribution in [2.45, 2.75) is 26.7 Å². The normalized spacial score (nSPS) is 14.7. The molecule has 2 rings (SSSR count). The van der Waals surface area contributed by atoms with Gasteiger partial charge in [0.2, 0.25) is 5.91 Å². The number of hydrogen-bond donors (Lipinski definition) is 0. The molecule has 0 radical (unpaired) electrons. The summed E-state index contributed by atoms with van der Waals surface area (Å²) in [6, 6.07) is 6.85. The highest BCUT2D eigenvalue weighted by Crippen LogP contribution is 2.34. The van der Waals surface area contributed by atoms with Crippen molar-refractivity contribution in [2.75, 3.05) is 33.4 Å². The summed E-state index contributed by atoms with van der Waals surface area (Å²) in [5, 5.41) is 8.18. The van der Waals surface area contributed by atoms with Gasteiger partial charge in [-0.05, 0) is 48.4 Å². The Morgan fingerprint density at radius 3 is 2.53 bits per heavy atom. The summed E-state index contributed by atoms with van der Waals surface area (Å²) in [6.45, 7) is 4.77. The lowest BCUT2D eigenvalue weighted by molar-refractivity contribution is -0.135. The second-order valence-corrected chi connectivity index (χ2v) is 7.50. The van der Waals surface area contributed by atoms with Crippen LogP contribution in [0.2, 0.25) is 0 Å². The second-order valence-electron chi connectivity index (χ2n) is 6.51. The average molecular weight is 432 g/mol. The molecule has 0 aromatic heterocycles. The molecule has 1 heterocycles. The molecule has 1 saturated heterocycles. The molecule has 0 atom stereocenters. The molecule has 1 aliphatic rings. The smallest absolute Gasteiger partial charge is 0.294 e. The highest BCUT2D eigenvalue weighted by molar-refractivity contribution is 8.18. The van der Waals surface area contributed by atoms with Crippen molar-refractivity contribution >= 4 is 34.9 Å². The molecular formula is C21H25N3O5S. The van der Waals surface area contributed by atoms with Gasteiger partial charge in [-0.1, -0.05) is 19.9 Å². The van der Waals surface area contributed by atoms with Crippen LogP contribution in [-0.4, -0.2) is 60.2 Å². The molecule has 0 bridgehead atoms. The van der Waals surface area contributed by atoms with Crippen molar-refractivity contribution in [1.82, 2.24) is 9.80 Å². The maximum absolute atomic E-state index is 12.7. The van der Waals surface area contributed by atoms with Crippen LogP contribution in [0.1, 0.15) is 32.3 Å². The van der Waals surface area contributed by atoms with Gasteiger partial charge in [0.05, 0.1) is 12.0 Å². The SMILES string of the molecule is CCCN(CCC)C(=O)CN1C(=O)S/C(=C\c2ccc(OCC#N)c(OC)c2)C1=O. The molecule has 1 aliphatic heterocycles. The highest BCUT2D eigenvalue weighted by atomic mass is 32.2. The van der Waals surface area contributed by atoms with E-state index in [0.29, 0.717) is 30.2 Å². The van der Waals surface area contributed by atoms with E-state index in [1.807, 2.05) is 19.9 Å². The van der Waals surface area contributed by atoms with E-state index >= 15 is 0 Å². The van der Waals surface area contributed by atoms with Crippen LogP contribution in [0.3, 0.4) is 0 Å². The third-order valence-corrected chi connectivity index (χ3v) is 5.19. The van der Waals surface area contributed by atoms with Gasteiger partial charge in [0.15, 0.2) is 18.1 Å². The van der Waals surface area contributed by atoms with Gasteiger partial charge in [-0.2, -0.15) is 5.26 Å². The predicted molar refractivity (Wildman–Crippen MR) is 114 cm³/mol. The first-order valence-corrected chi connectivity index (χ1v) is 10.5. The van der Waals surface area contributed by atoms with E-state index in [4.69, 9.17) is 14.7 Å². The number of methoxy groups -OCH3 is 1. The van der Waals surface area contributed by atoms with Crippen LogP contribution in [0.5, 0.6) is 11.5 Å². The maximum Gasteiger partial charge on any atom is 0.294 e. The topological polar surface area (TPSA) is 99.9 Å². The molecule has 0 aliphatic carbocycles. The minimum atomic E-state index is -0.491. The summed E-state index contributed by atoms with van der Waals surface area (Å²) in [6.07, 6.45) is 3.19. The summed E-state index contributed by atoms with van der Waals surface area (Å²) in [7, 11) is 1.47. The van der Waals surface area contributed by atoms with Crippen molar-refractivity contribution in [2.24, 2.45) is 0 Å². The first-order valence-electron chi connectivity index (χ1n) is 9.66. The minimum absolute atomic E-state index is 0.115. The lowest BCUT2D eigenvalue weighted by Gasteiger charge is -2.23. The van der Waals surface area contributed by atoms with Crippen molar-refractivity contribution in [3.8, 4) is 17.6 Å². The summed E-state index contributed by atoms with van der Waals surface area (Å²) in [4.78, 5) is 40.5. The van der Waals surface area contributed by atoms with Crippen LogP contribution in [0, 0.1) is 11.3 Å². The summed E-state index contributed by atoms with van der Waals surface area (Å²) < 4.78 is 10.5. The Labute approximate surface area is 180 Å². The number of nitrogens with zero attached hydrogens (tertiary/aromatic N) is 3. The first-order chi connectivity index (χ1) is 14.4. The largest absolute Gasteiger partial charge is 0.493 e. The van der Waals surface area contributed by atoms with Gasteiger partial charge in [-0.3, -0.25) is 19.3 Å². The number of rotatable bonds is 10. The number of benzene rings is 1. The number of carbonyl (C=O) groups is 3. The van der Waals surface area contributed by atoms with Crippen LogP contribution >= 0.6 is 11.8 Å². The summed E-state index contributed by atoms with van der Waals surface area (Å²) in [5.41, 5.74) is 0.631. The number of hydrogen-bond acceptors (Lipinski definition) is 7. The van der Waals surface area contributed by atoms with Crippen molar-refractivity contribution in [3.05, 3.63) is 28.7 Å². The summed E-state index contributed by atoms with van der Waals surface area (Å²) >= 11 is 0.801. The van der Waals surface area contributed by atoms with E-state index in [1.54, 1.807) is 29.2 Å². The maximum atomic E-state index is 12.7. The zero-order valence-corrected chi connectivity index (χ0v) is 18.2. The van der Waals surface area contributed by atoms with Gasteiger partial charge >= 0.3 is 0 Å². The fourth-order valence-electron chi connectivity index (χ4n) is 2.93. The van der Waals surface area contributed by atoms with Gasteiger partial charge in [0.1, 0.15) is 12.6 Å². The third kappa shape index (κ3) is 5.76. The Morgan fingerprint density at radius 1 is 1.23 bits per heavy atom. The predicted octanol–water partition coefficient (Wildman–Crippen LogP) is 3.28. The molecular weight excluding hydrogens is 406 g/mol. The zero-order valence-electron chi connectivity index (χ0n) is 17.3. The minimum Gasteiger partial charge on any atom is -0.493 e. The number of amides is 3. The Hall–Kier alpha value is -2.99. The lowest BCUT2D eigenvalue weighted by atomic mass is 10.2. The van der Waals surface area contributed by atoms with Crippen LogP contribution < -0.4 is 9.47 Å². The van der Waals surface area contributed by atoms with Gasteiger partial charge in [0, 0.05) is 13.1 Å². The molecule has 0 spiro atoms. The van der Waals surface area contributed by atoms with E-state index in [1.165, 1.54) is 7.11 Å². The molecule has 8 nitrogen and oxygen atoms in total. The molecule has 1 fully saturated rings. The Balaban J connectivity index is 2.16. The Bertz CT molecular complexity index is 872. The first kappa shape index (κ1) is 23.3. The molecule has 9 heteroatoms. The standard InChI is InChI=1S/C21H25N3O5S/c1-4-9-23(10-5-2)19(25)14-24-20(26)18(30-21(24)27)13-15-6-7-16(29-11-8-22)17(12-15)28-3/h6-7,12-13H,4-5,9-11,14H2,1-3H3/b18-13-. The molecule has 1 aromatic carbocycles. The molecule has 0 saturated carbocycles. The quantitative estimate of drug-likeness (QED) is 0.524. The van der Waals surface area contributed by atoms with Crippen molar-refractivity contribution in [3.63, 3.8) is 0 Å². The fraction of sp³-hybridized carbons (Fsp3) is 0.429. The Kier molecular flexibility index (Phi) is 8.74. The van der Waals surface area contributed by atoms with Gasteiger partial charge < -0.3 is 14.4 Å². The second kappa shape index (κ2) is 11.3. The summed E-state index contributed by atoms with van der Waals surface area (Å²) in [5.74, 6) is 0.0861. The van der Waals surface area contributed by atoms with Crippen molar-refractivity contribution in [1.29, 1.82) is 5.26 Å². The monoisotopic (exact) mass is 431 g/mol. The number of thioether (sulfide) groups is 1. The average Bonchev–Trinajstić information content (AvgIpc) is 2.99. The Morgan fingerprint density at radius 2 is 1.93 bits per heavy atom. The molecule has 0 N–H and O–H groups in total. The van der Waals surface area contributed by atoms with E-state index < -0.39 is 11.1 Å². The fourth-order valence-corrected chi connectivity index (χ4v) is 3.77. The lowest BCUT2D eigenvalue weighted by Crippen LogP contribution is -2.42. The van der Waals surface area contributed by atoms with E-state index in [0.717, 1.165) is 29.5 Å². The van der Waals surface area contributed by atoms with Gasteiger partial charge in [-0.25, -0.2) is 0 Å². The van der Waals surface area contributed by atoms with E-state index in [2.05, 4.69) is 0 Å². The van der Waals surface area contributed by atoms with Crippen LogP contribution in [0.15, 0.2) is 23.1 Å². The molecule has 0 unspecified atom stereocenters. The van der Waals surface area contributed by atoms with E-state index in [9.17, 15) is 14.4 Å². The third-order valence-electron chi connectivity index (χ3n) is 4.28. The van der Waals surface area contributed by atoms with Gasteiger partial charge in [0.25, 0.3) is 11.1 Å². The van der Waals surface area contributed by atoms with E-state index in [-0.39, 0.29) is 24.0 Å². The molecule has 160 valence electrons. The molecule has 30 heavy (non-hydrogen) atoms. The van der Waals surface area contributed by atoms with Crippen LogP contribution in [0.25, 0.3) is 6.08 Å². The van der Waals surface area contributed by atoms with Crippen LogP contribution in [0.4, 0.5) is 4.79 Å². The highest BCUT2D eigenvalue weighted by Gasteiger charge is 2.37. The van der Waals surface area contributed by atoms with Gasteiger partial charge in [-0.15, -0.1) is 0 Å². The number of imide groups is 1. The molecule has 3 amide bonds. The van der Waals surface area contributed by atoms with Crippen LogP contribution in [-0.2, 0) is 9.59 Å². The van der Waals surface area contributed by atoms with Crippen molar-refractivity contribution < 1.29 is 23.9 Å². The number of nitriles is 1. The molecule has 1 aromatic rings. The number of carbonyl (C=O) groups excluding carboxylic acids is 3. The zero-order chi connectivity index (χ0) is 22.1.